The van der Waals surface area contributed by atoms with Crippen molar-refractivity contribution >= 4 is 22.2 Å². The number of nitrogens with zero attached hydrogens (tertiary/aromatic N) is 2. The number of benzene rings is 1. The lowest BCUT2D eigenvalue weighted by atomic mass is 10.2. The third-order valence-electron chi connectivity index (χ3n) is 3.13. The van der Waals surface area contributed by atoms with Gasteiger partial charge in [-0.3, -0.25) is 14.0 Å². The summed E-state index contributed by atoms with van der Waals surface area (Å²) in [5, 5.41) is 2.64. The van der Waals surface area contributed by atoms with Crippen LogP contribution in [0.5, 0.6) is 0 Å². The Labute approximate surface area is 129 Å². The van der Waals surface area contributed by atoms with Crippen molar-refractivity contribution < 1.29 is 9.18 Å². The molecule has 2 heterocycles. The van der Waals surface area contributed by atoms with Crippen molar-refractivity contribution in [2.24, 2.45) is 0 Å². The normalized spacial score (nSPS) is 10.8. The number of fused-ring (bicyclic) bond motifs is 1. The number of aryl methyl sites for hydroxylation is 1. The van der Waals surface area contributed by atoms with Crippen LogP contribution >= 0.6 is 11.3 Å². The summed E-state index contributed by atoms with van der Waals surface area (Å²) in [6.45, 7) is 2.08. The zero-order valence-electron chi connectivity index (χ0n) is 11.7. The van der Waals surface area contributed by atoms with E-state index >= 15 is 0 Å². The lowest BCUT2D eigenvalue weighted by Crippen LogP contribution is -2.30. The van der Waals surface area contributed by atoms with Gasteiger partial charge in [0.1, 0.15) is 11.4 Å². The van der Waals surface area contributed by atoms with Crippen LogP contribution in [0.1, 0.15) is 20.8 Å². The maximum absolute atomic E-state index is 12.8. The predicted octanol–water partition coefficient (Wildman–Crippen LogP) is 2.13. The molecule has 22 heavy (non-hydrogen) atoms. The number of thiazole rings is 1. The Morgan fingerprint density at radius 3 is 2.82 bits per heavy atom. The highest BCUT2D eigenvalue weighted by atomic mass is 32.1. The largest absolute Gasteiger partial charge is 0.348 e. The molecule has 1 amide bonds. The molecule has 0 aliphatic rings. The number of halogens is 1. The van der Waals surface area contributed by atoms with Crippen molar-refractivity contribution in [1.29, 1.82) is 0 Å². The molecule has 0 radical (unpaired) electrons. The van der Waals surface area contributed by atoms with Gasteiger partial charge in [0.25, 0.3) is 11.5 Å². The summed E-state index contributed by atoms with van der Waals surface area (Å²) >= 11 is 1.38. The molecular weight excluding hydrogens is 305 g/mol. The van der Waals surface area contributed by atoms with E-state index in [-0.39, 0.29) is 17.9 Å². The van der Waals surface area contributed by atoms with Crippen LogP contribution in [0, 0.1) is 12.7 Å². The minimum Gasteiger partial charge on any atom is -0.348 e. The quantitative estimate of drug-likeness (QED) is 0.805. The number of hydrogen-bond donors (Lipinski definition) is 1. The van der Waals surface area contributed by atoms with Gasteiger partial charge in [-0.2, -0.15) is 0 Å². The number of rotatable bonds is 3. The topological polar surface area (TPSA) is 63.5 Å². The Hall–Kier alpha value is -2.54. The molecule has 0 fully saturated rings. The van der Waals surface area contributed by atoms with Gasteiger partial charge >= 0.3 is 0 Å². The minimum absolute atomic E-state index is 0.0163. The zero-order valence-corrected chi connectivity index (χ0v) is 12.5. The molecule has 0 saturated carbocycles. The third-order valence-corrected chi connectivity index (χ3v) is 4.05. The Kier molecular flexibility index (Phi) is 3.72. The fourth-order valence-electron chi connectivity index (χ4n) is 2.03. The molecule has 0 unspecified atom stereocenters. The number of nitrogens with one attached hydrogen (secondary N) is 1. The Balaban J connectivity index is 1.81. The number of amides is 1. The standard InChI is InChI=1S/C15H12FN3O2S/c1-9-8-19-14(21)12(7-18-15(19)22-9)13(20)17-6-10-2-4-11(16)5-3-10/h2-5,7-8H,6H2,1H3,(H,17,20). The van der Waals surface area contributed by atoms with Crippen LogP contribution in [0.2, 0.25) is 0 Å². The van der Waals surface area contributed by atoms with Crippen LogP contribution in [0.15, 0.2) is 41.5 Å². The van der Waals surface area contributed by atoms with Gasteiger partial charge in [-0.05, 0) is 24.6 Å². The van der Waals surface area contributed by atoms with Gasteiger partial charge in [-0.1, -0.05) is 12.1 Å². The molecule has 0 aliphatic heterocycles. The maximum Gasteiger partial charge on any atom is 0.271 e. The van der Waals surface area contributed by atoms with Gasteiger partial charge in [-0.15, -0.1) is 11.3 Å². The number of aromatic nitrogens is 2. The number of carbonyl (C=O) groups is 1. The molecule has 7 heteroatoms. The average Bonchev–Trinajstić information content (AvgIpc) is 2.88. The Morgan fingerprint density at radius 2 is 2.09 bits per heavy atom. The second-order valence-corrected chi connectivity index (χ2v) is 5.99. The van der Waals surface area contributed by atoms with Gasteiger partial charge in [0.15, 0.2) is 4.96 Å². The van der Waals surface area contributed by atoms with Crippen LogP contribution < -0.4 is 10.9 Å². The fourth-order valence-corrected chi connectivity index (χ4v) is 2.82. The van der Waals surface area contributed by atoms with Crippen molar-refractivity contribution in [2.45, 2.75) is 13.5 Å². The molecule has 1 aromatic carbocycles. The third kappa shape index (κ3) is 2.75. The maximum atomic E-state index is 12.8. The van der Waals surface area contributed by atoms with E-state index in [4.69, 9.17) is 0 Å². The summed E-state index contributed by atoms with van der Waals surface area (Å²) in [5.74, 6) is -0.837. The lowest BCUT2D eigenvalue weighted by molar-refractivity contribution is 0.0949. The van der Waals surface area contributed by atoms with Crippen LogP contribution in [-0.4, -0.2) is 15.3 Å². The van der Waals surface area contributed by atoms with Gasteiger partial charge in [-0.25, -0.2) is 9.37 Å². The van der Waals surface area contributed by atoms with E-state index in [1.807, 2.05) is 6.92 Å². The van der Waals surface area contributed by atoms with Crippen molar-refractivity contribution in [1.82, 2.24) is 14.7 Å². The first-order chi connectivity index (χ1) is 10.5. The number of hydrogen-bond acceptors (Lipinski definition) is 4. The predicted molar refractivity (Wildman–Crippen MR) is 81.6 cm³/mol. The summed E-state index contributed by atoms with van der Waals surface area (Å²) in [4.78, 5) is 30.0. The van der Waals surface area contributed by atoms with E-state index in [0.29, 0.717) is 4.96 Å². The van der Waals surface area contributed by atoms with Gasteiger partial charge in [0.2, 0.25) is 0 Å². The molecule has 3 aromatic rings. The van der Waals surface area contributed by atoms with Crippen LogP contribution in [0.3, 0.4) is 0 Å². The van der Waals surface area contributed by atoms with Crippen LogP contribution in [0.4, 0.5) is 4.39 Å². The molecule has 0 aliphatic carbocycles. The van der Waals surface area contributed by atoms with Crippen LogP contribution in [0.25, 0.3) is 4.96 Å². The second kappa shape index (κ2) is 5.69. The highest BCUT2D eigenvalue weighted by Gasteiger charge is 2.14. The SMILES string of the molecule is Cc1cn2c(=O)c(C(=O)NCc3ccc(F)cc3)cnc2s1. The number of carbonyl (C=O) groups excluding carboxylic acids is 1. The lowest BCUT2D eigenvalue weighted by Gasteiger charge is -2.05. The fraction of sp³-hybridized carbons (Fsp3) is 0.133. The highest BCUT2D eigenvalue weighted by molar-refractivity contribution is 7.16. The van der Waals surface area contributed by atoms with E-state index in [1.54, 1.807) is 18.3 Å². The summed E-state index contributed by atoms with van der Waals surface area (Å²) in [7, 11) is 0. The second-order valence-electron chi connectivity index (χ2n) is 4.78. The Morgan fingerprint density at radius 1 is 1.36 bits per heavy atom. The summed E-state index contributed by atoms with van der Waals surface area (Å²) < 4.78 is 14.2. The minimum atomic E-state index is -0.500. The smallest absolute Gasteiger partial charge is 0.271 e. The summed E-state index contributed by atoms with van der Waals surface area (Å²) in [6, 6.07) is 5.79. The first kappa shape index (κ1) is 14.4. The molecule has 0 saturated heterocycles. The molecule has 0 bridgehead atoms. The van der Waals surface area contributed by atoms with Crippen LogP contribution in [-0.2, 0) is 6.54 Å². The average molecular weight is 317 g/mol. The molecule has 5 nitrogen and oxygen atoms in total. The monoisotopic (exact) mass is 317 g/mol. The molecule has 0 spiro atoms. The first-order valence-electron chi connectivity index (χ1n) is 6.55. The van der Waals surface area contributed by atoms with Crippen molar-refractivity contribution in [3.8, 4) is 0 Å². The zero-order chi connectivity index (χ0) is 15.7. The highest BCUT2D eigenvalue weighted by Crippen LogP contribution is 2.12. The molecule has 2 aromatic heterocycles. The molecular formula is C15H12FN3O2S. The summed E-state index contributed by atoms with van der Waals surface area (Å²) in [5.41, 5.74) is 0.332. The van der Waals surface area contributed by atoms with Gasteiger partial charge in [0.05, 0.1) is 0 Å². The molecule has 112 valence electrons. The first-order valence-corrected chi connectivity index (χ1v) is 7.37. The Bertz CT molecular complexity index is 899. The van der Waals surface area contributed by atoms with E-state index in [2.05, 4.69) is 10.3 Å². The molecule has 3 rings (SSSR count). The molecule has 0 atom stereocenters. The van der Waals surface area contributed by atoms with Crippen molar-refractivity contribution in [2.75, 3.05) is 0 Å². The van der Waals surface area contributed by atoms with Crippen molar-refractivity contribution in [3.63, 3.8) is 0 Å². The van der Waals surface area contributed by atoms with E-state index in [9.17, 15) is 14.0 Å². The van der Waals surface area contributed by atoms with E-state index in [1.165, 1.54) is 34.1 Å². The van der Waals surface area contributed by atoms with Crippen molar-refractivity contribution in [3.05, 3.63) is 68.8 Å². The van der Waals surface area contributed by atoms with E-state index in [0.717, 1.165) is 10.4 Å². The van der Waals surface area contributed by atoms with E-state index < -0.39 is 11.5 Å². The van der Waals surface area contributed by atoms with Gasteiger partial charge < -0.3 is 5.32 Å². The molecule has 1 N–H and O–H groups in total. The summed E-state index contributed by atoms with van der Waals surface area (Å²) in [6.07, 6.45) is 2.94. The van der Waals surface area contributed by atoms with Gasteiger partial charge in [0, 0.05) is 23.8 Å².